The van der Waals surface area contributed by atoms with Crippen molar-refractivity contribution in [1.82, 2.24) is 5.32 Å². The summed E-state index contributed by atoms with van der Waals surface area (Å²) in [7, 11) is 0. The lowest BCUT2D eigenvalue weighted by Crippen LogP contribution is -2.22. The standard InChI is InChI=1S/C15H17BrINS/c1-4-18-14(15-9(2)7-10(3)19-15)12-8-11(16)5-6-13(12)17/h5-8,14,18H,4H2,1-3H3. The summed E-state index contributed by atoms with van der Waals surface area (Å²) in [5.74, 6) is 0. The molecule has 2 rings (SSSR count). The Morgan fingerprint density at radius 3 is 2.63 bits per heavy atom. The number of hydrogen-bond donors (Lipinski definition) is 1. The summed E-state index contributed by atoms with van der Waals surface area (Å²) in [5.41, 5.74) is 2.73. The Bertz CT molecular complexity index is 580. The number of aryl methyl sites for hydroxylation is 2. The van der Waals surface area contributed by atoms with Crippen molar-refractivity contribution in [2.24, 2.45) is 0 Å². The van der Waals surface area contributed by atoms with Gasteiger partial charge in [0.2, 0.25) is 0 Å². The molecule has 0 bridgehead atoms. The molecular weight excluding hydrogens is 433 g/mol. The van der Waals surface area contributed by atoms with Crippen molar-refractivity contribution in [3.8, 4) is 0 Å². The van der Waals surface area contributed by atoms with Crippen LogP contribution in [0.1, 0.15) is 33.8 Å². The molecule has 1 nitrogen and oxygen atoms in total. The lowest BCUT2D eigenvalue weighted by Gasteiger charge is -2.20. The van der Waals surface area contributed by atoms with E-state index in [9.17, 15) is 0 Å². The summed E-state index contributed by atoms with van der Waals surface area (Å²) in [6.07, 6.45) is 0. The third kappa shape index (κ3) is 3.60. The maximum Gasteiger partial charge on any atom is 0.0684 e. The van der Waals surface area contributed by atoms with E-state index in [1.807, 2.05) is 11.3 Å². The van der Waals surface area contributed by atoms with E-state index in [2.05, 4.69) is 88.9 Å². The van der Waals surface area contributed by atoms with E-state index in [0.717, 1.165) is 11.0 Å². The summed E-state index contributed by atoms with van der Waals surface area (Å²) in [6.45, 7) is 7.50. The minimum atomic E-state index is 0.285. The number of hydrogen-bond acceptors (Lipinski definition) is 2. The van der Waals surface area contributed by atoms with Crippen LogP contribution in [0.25, 0.3) is 0 Å². The Labute approximate surface area is 141 Å². The Hall–Kier alpha value is 0.0900. The zero-order chi connectivity index (χ0) is 14.0. The smallest absolute Gasteiger partial charge is 0.0684 e. The van der Waals surface area contributed by atoms with Gasteiger partial charge in [0.25, 0.3) is 0 Å². The molecular formula is C15H17BrINS. The van der Waals surface area contributed by atoms with E-state index in [0.29, 0.717) is 0 Å². The first-order valence-electron chi connectivity index (χ1n) is 6.28. The normalized spacial score (nSPS) is 12.7. The first-order chi connectivity index (χ1) is 9.02. The molecule has 102 valence electrons. The molecule has 0 fully saturated rings. The van der Waals surface area contributed by atoms with Crippen molar-refractivity contribution in [1.29, 1.82) is 0 Å². The molecule has 19 heavy (non-hydrogen) atoms. The summed E-state index contributed by atoms with van der Waals surface area (Å²) >= 11 is 7.90. The highest BCUT2D eigenvalue weighted by molar-refractivity contribution is 14.1. The van der Waals surface area contributed by atoms with Crippen molar-refractivity contribution in [2.45, 2.75) is 26.8 Å². The maximum atomic E-state index is 3.62. The summed E-state index contributed by atoms with van der Waals surface area (Å²) in [5, 5.41) is 3.62. The molecule has 1 N–H and O–H groups in total. The molecule has 1 atom stereocenters. The van der Waals surface area contributed by atoms with E-state index >= 15 is 0 Å². The van der Waals surface area contributed by atoms with Crippen LogP contribution in [0.5, 0.6) is 0 Å². The molecule has 0 amide bonds. The molecule has 1 aromatic carbocycles. The minimum Gasteiger partial charge on any atom is -0.306 e. The van der Waals surface area contributed by atoms with Gasteiger partial charge in [0.15, 0.2) is 0 Å². The van der Waals surface area contributed by atoms with E-state index in [1.165, 1.54) is 24.5 Å². The van der Waals surface area contributed by atoms with Crippen molar-refractivity contribution >= 4 is 49.9 Å². The zero-order valence-corrected chi connectivity index (χ0v) is 15.8. The fourth-order valence-corrected chi connectivity index (χ4v) is 4.39. The number of thiophene rings is 1. The Kier molecular flexibility index (Phi) is 5.45. The van der Waals surface area contributed by atoms with Crippen molar-refractivity contribution in [3.63, 3.8) is 0 Å². The van der Waals surface area contributed by atoms with Gasteiger partial charge in [0, 0.05) is 17.8 Å². The second kappa shape index (κ2) is 6.70. The average molecular weight is 450 g/mol. The minimum absolute atomic E-state index is 0.285. The maximum absolute atomic E-state index is 3.62. The summed E-state index contributed by atoms with van der Waals surface area (Å²) in [6, 6.07) is 9.05. The lowest BCUT2D eigenvalue weighted by atomic mass is 10.0. The van der Waals surface area contributed by atoms with Crippen LogP contribution >= 0.6 is 49.9 Å². The first kappa shape index (κ1) is 15.5. The number of rotatable bonds is 4. The quantitative estimate of drug-likeness (QED) is 0.613. The first-order valence-corrected chi connectivity index (χ1v) is 8.97. The van der Waals surface area contributed by atoms with E-state index in [1.54, 1.807) is 0 Å². The fourth-order valence-electron chi connectivity index (χ4n) is 2.23. The second-order valence-corrected chi connectivity index (χ2v) is 7.93. The second-order valence-electron chi connectivity index (χ2n) is 4.56. The predicted molar refractivity (Wildman–Crippen MR) is 96.2 cm³/mol. The molecule has 0 saturated carbocycles. The molecule has 0 aliphatic heterocycles. The van der Waals surface area contributed by atoms with Gasteiger partial charge in [-0.1, -0.05) is 22.9 Å². The van der Waals surface area contributed by atoms with Gasteiger partial charge in [-0.15, -0.1) is 11.3 Å². The fraction of sp³-hybridized carbons (Fsp3) is 0.333. The number of halogens is 2. The molecule has 2 aromatic rings. The molecule has 0 saturated heterocycles. The van der Waals surface area contributed by atoms with Gasteiger partial charge in [-0.05, 0) is 78.4 Å². The van der Waals surface area contributed by atoms with Crippen molar-refractivity contribution < 1.29 is 0 Å². The molecule has 0 radical (unpaired) electrons. The Morgan fingerprint density at radius 2 is 2.05 bits per heavy atom. The zero-order valence-electron chi connectivity index (χ0n) is 11.3. The van der Waals surface area contributed by atoms with Gasteiger partial charge < -0.3 is 5.32 Å². The largest absolute Gasteiger partial charge is 0.306 e. The molecule has 0 spiro atoms. The van der Waals surface area contributed by atoms with Crippen LogP contribution in [0.15, 0.2) is 28.7 Å². The third-order valence-electron chi connectivity index (χ3n) is 3.02. The van der Waals surface area contributed by atoms with Gasteiger partial charge in [0.05, 0.1) is 6.04 Å². The summed E-state index contributed by atoms with van der Waals surface area (Å²) in [4.78, 5) is 2.80. The molecule has 4 heteroatoms. The van der Waals surface area contributed by atoms with E-state index in [-0.39, 0.29) is 6.04 Å². The highest BCUT2D eigenvalue weighted by Gasteiger charge is 2.20. The Balaban J connectivity index is 2.51. The average Bonchev–Trinajstić information content (AvgIpc) is 2.69. The molecule has 0 aliphatic rings. The monoisotopic (exact) mass is 449 g/mol. The topological polar surface area (TPSA) is 12.0 Å². The predicted octanol–water partition coefficient (Wildman–Crippen LogP) is 5.43. The highest BCUT2D eigenvalue weighted by Crippen LogP contribution is 2.34. The third-order valence-corrected chi connectivity index (χ3v) is 5.71. The molecule has 1 unspecified atom stereocenters. The van der Waals surface area contributed by atoms with Gasteiger partial charge >= 0.3 is 0 Å². The van der Waals surface area contributed by atoms with E-state index in [4.69, 9.17) is 0 Å². The van der Waals surface area contributed by atoms with Gasteiger partial charge in [0.1, 0.15) is 0 Å². The number of benzene rings is 1. The van der Waals surface area contributed by atoms with Crippen molar-refractivity contribution in [3.05, 3.63) is 53.2 Å². The van der Waals surface area contributed by atoms with E-state index < -0.39 is 0 Å². The van der Waals surface area contributed by atoms with Crippen LogP contribution in [0, 0.1) is 17.4 Å². The van der Waals surface area contributed by atoms with Gasteiger partial charge in [-0.2, -0.15) is 0 Å². The Morgan fingerprint density at radius 1 is 1.32 bits per heavy atom. The lowest BCUT2D eigenvalue weighted by molar-refractivity contribution is 0.634. The highest BCUT2D eigenvalue weighted by atomic mass is 127. The van der Waals surface area contributed by atoms with Crippen LogP contribution in [-0.4, -0.2) is 6.54 Å². The van der Waals surface area contributed by atoms with Crippen LogP contribution < -0.4 is 5.32 Å². The van der Waals surface area contributed by atoms with Crippen LogP contribution in [-0.2, 0) is 0 Å². The molecule has 1 heterocycles. The van der Waals surface area contributed by atoms with Gasteiger partial charge in [-0.3, -0.25) is 0 Å². The molecule has 1 aromatic heterocycles. The van der Waals surface area contributed by atoms with Crippen LogP contribution in [0.2, 0.25) is 0 Å². The van der Waals surface area contributed by atoms with Crippen LogP contribution in [0.3, 0.4) is 0 Å². The van der Waals surface area contributed by atoms with Gasteiger partial charge in [-0.25, -0.2) is 0 Å². The molecule has 0 aliphatic carbocycles. The van der Waals surface area contributed by atoms with Crippen molar-refractivity contribution in [2.75, 3.05) is 6.54 Å². The summed E-state index contributed by atoms with van der Waals surface area (Å²) < 4.78 is 2.44. The van der Waals surface area contributed by atoms with Crippen LogP contribution in [0.4, 0.5) is 0 Å². The number of nitrogens with one attached hydrogen (secondary N) is 1. The SMILES string of the molecule is CCNC(c1cc(Br)ccc1I)c1sc(C)cc1C.